The maximum absolute atomic E-state index is 10.4. The number of benzene rings is 2. The minimum atomic E-state index is -0.581. The van der Waals surface area contributed by atoms with Crippen LogP contribution in [0.1, 0.15) is 18.4 Å². The Morgan fingerprint density at radius 3 is 2.95 bits per heavy atom. The minimum Gasteiger partial charge on any atom is -0.497 e. The summed E-state index contributed by atoms with van der Waals surface area (Å²) in [5.41, 5.74) is 1.11. The van der Waals surface area contributed by atoms with Crippen LogP contribution in [-0.4, -0.2) is 24.9 Å². The summed E-state index contributed by atoms with van der Waals surface area (Å²) in [5.74, 6) is 1.54. The normalized spacial score (nSPS) is 16.2. The summed E-state index contributed by atoms with van der Waals surface area (Å²) in [7, 11) is 1.67. The number of ether oxygens (including phenoxy) is 2. The van der Waals surface area contributed by atoms with E-state index in [0.717, 1.165) is 34.9 Å². The Balaban J connectivity index is 1.90. The molecule has 0 radical (unpaired) electrons. The SMILES string of the molecule is COc1ccc2cccc(CC(O)C3=CCCCO3)c2c1. The molecule has 3 rings (SSSR count). The predicted octanol–water partition coefficient (Wildman–Crippen LogP) is 3.45. The average molecular weight is 284 g/mol. The highest BCUT2D eigenvalue weighted by atomic mass is 16.5. The molecule has 0 fully saturated rings. The van der Waals surface area contributed by atoms with Gasteiger partial charge in [0.05, 0.1) is 13.7 Å². The highest BCUT2D eigenvalue weighted by Gasteiger charge is 2.16. The van der Waals surface area contributed by atoms with E-state index in [1.54, 1.807) is 7.11 Å². The summed E-state index contributed by atoms with van der Waals surface area (Å²) in [6.07, 6.45) is 3.98. The molecule has 110 valence electrons. The van der Waals surface area contributed by atoms with Gasteiger partial charge in [-0.05, 0) is 47.4 Å². The third-order valence-electron chi connectivity index (χ3n) is 3.88. The summed E-state index contributed by atoms with van der Waals surface area (Å²) >= 11 is 0. The lowest BCUT2D eigenvalue weighted by Crippen LogP contribution is -2.19. The zero-order valence-electron chi connectivity index (χ0n) is 12.2. The molecule has 21 heavy (non-hydrogen) atoms. The molecule has 0 spiro atoms. The van der Waals surface area contributed by atoms with Crippen molar-refractivity contribution in [3.63, 3.8) is 0 Å². The van der Waals surface area contributed by atoms with E-state index in [2.05, 4.69) is 6.07 Å². The second-order valence-corrected chi connectivity index (χ2v) is 5.32. The monoisotopic (exact) mass is 284 g/mol. The van der Waals surface area contributed by atoms with Crippen molar-refractivity contribution in [3.8, 4) is 5.75 Å². The molecule has 2 aromatic carbocycles. The third-order valence-corrected chi connectivity index (χ3v) is 3.88. The number of aliphatic hydroxyl groups excluding tert-OH is 1. The van der Waals surface area contributed by atoms with Gasteiger partial charge in [0.15, 0.2) is 0 Å². The predicted molar refractivity (Wildman–Crippen MR) is 83.5 cm³/mol. The Hall–Kier alpha value is -2.00. The lowest BCUT2D eigenvalue weighted by atomic mass is 9.98. The first-order chi connectivity index (χ1) is 10.3. The Morgan fingerprint density at radius 1 is 1.29 bits per heavy atom. The Bertz CT molecular complexity index is 661. The van der Waals surface area contributed by atoms with Crippen LogP contribution in [0.4, 0.5) is 0 Å². The summed E-state index contributed by atoms with van der Waals surface area (Å²) in [4.78, 5) is 0. The summed E-state index contributed by atoms with van der Waals surface area (Å²) in [6, 6.07) is 12.2. The first-order valence-corrected chi connectivity index (χ1v) is 7.34. The first kappa shape index (κ1) is 14.0. The lowest BCUT2D eigenvalue weighted by molar-refractivity contribution is 0.0919. The Labute approximate surface area is 124 Å². The smallest absolute Gasteiger partial charge is 0.121 e. The third kappa shape index (κ3) is 3.03. The van der Waals surface area contributed by atoms with Gasteiger partial charge in [0.2, 0.25) is 0 Å². The molecule has 0 saturated heterocycles. The van der Waals surface area contributed by atoms with E-state index in [0.29, 0.717) is 18.8 Å². The molecule has 1 N–H and O–H groups in total. The highest BCUT2D eigenvalue weighted by molar-refractivity contribution is 5.87. The van der Waals surface area contributed by atoms with Gasteiger partial charge in [-0.15, -0.1) is 0 Å². The van der Waals surface area contributed by atoms with Crippen LogP contribution < -0.4 is 4.74 Å². The highest BCUT2D eigenvalue weighted by Crippen LogP contribution is 2.26. The quantitative estimate of drug-likeness (QED) is 0.934. The van der Waals surface area contributed by atoms with Crippen molar-refractivity contribution in [2.75, 3.05) is 13.7 Å². The van der Waals surface area contributed by atoms with E-state index in [9.17, 15) is 5.11 Å². The standard InChI is InChI=1S/C18H20O3/c1-20-15-9-8-13-5-4-6-14(16(13)12-15)11-17(19)18-7-2-3-10-21-18/h4-9,12,17,19H,2-3,10-11H2,1H3. The Morgan fingerprint density at radius 2 is 2.19 bits per heavy atom. The molecule has 0 amide bonds. The molecule has 2 aromatic rings. The largest absolute Gasteiger partial charge is 0.497 e. The number of hydrogen-bond acceptors (Lipinski definition) is 3. The number of rotatable bonds is 4. The van der Waals surface area contributed by atoms with Crippen LogP contribution in [0.5, 0.6) is 5.75 Å². The van der Waals surface area contributed by atoms with E-state index in [4.69, 9.17) is 9.47 Å². The van der Waals surface area contributed by atoms with Gasteiger partial charge >= 0.3 is 0 Å². The van der Waals surface area contributed by atoms with Crippen molar-refractivity contribution in [3.05, 3.63) is 53.8 Å². The summed E-state index contributed by atoms with van der Waals surface area (Å²) in [6.45, 7) is 0.701. The van der Waals surface area contributed by atoms with E-state index in [-0.39, 0.29) is 0 Å². The van der Waals surface area contributed by atoms with Crippen LogP contribution >= 0.6 is 0 Å². The van der Waals surface area contributed by atoms with E-state index < -0.39 is 6.10 Å². The molecule has 1 unspecified atom stereocenters. The summed E-state index contributed by atoms with van der Waals surface area (Å²) < 4.78 is 10.9. The van der Waals surface area contributed by atoms with E-state index in [1.165, 1.54) is 0 Å². The topological polar surface area (TPSA) is 38.7 Å². The first-order valence-electron chi connectivity index (χ1n) is 7.34. The number of fused-ring (bicyclic) bond motifs is 1. The number of aliphatic hydroxyl groups is 1. The number of methoxy groups -OCH3 is 1. The van der Waals surface area contributed by atoms with Crippen molar-refractivity contribution in [1.82, 2.24) is 0 Å². The van der Waals surface area contributed by atoms with Gasteiger partial charge in [0, 0.05) is 6.42 Å². The molecular weight excluding hydrogens is 264 g/mol. The van der Waals surface area contributed by atoms with Gasteiger partial charge < -0.3 is 14.6 Å². The van der Waals surface area contributed by atoms with Crippen molar-refractivity contribution in [2.24, 2.45) is 0 Å². The van der Waals surface area contributed by atoms with Gasteiger partial charge in [0.25, 0.3) is 0 Å². The van der Waals surface area contributed by atoms with E-state index in [1.807, 2.05) is 36.4 Å². The van der Waals surface area contributed by atoms with Crippen molar-refractivity contribution in [2.45, 2.75) is 25.4 Å². The van der Waals surface area contributed by atoms with Crippen LogP contribution in [0, 0.1) is 0 Å². The zero-order valence-corrected chi connectivity index (χ0v) is 12.2. The molecule has 0 aromatic heterocycles. The lowest BCUT2D eigenvalue weighted by Gasteiger charge is -2.20. The second kappa shape index (κ2) is 6.19. The maximum Gasteiger partial charge on any atom is 0.121 e. The molecule has 0 saturated carbocycles. The number of hydrogen-bond donors (Lipinski definition) is 1. The van der Waals surface area contributed by atoms with Crippen LogP contribution in [0.15, 0.2) is 48.2 Å². The molecule has 3 nitrogen and oxygen atoms in total. The molecule has 1 atom stereocenters. The minimum absolute atomic E-state index is 0.552. The fraction of sp³-hybridized carbons (Fsp3) is 0.333. The fourth-order valence-electron chi connectivity index (χ4n) is 2.74. The molecule has 1 heterocycles. The molecule has 1 aliphatic heterocycles. The Kier molecular flexibility index (Phi) is 4.11. The molecule has 1 aliphatic rings. The van der Waals surface area contributed by atoms with Crippen LogP contribution in [-0.2, 0) is 11.2 Å². The van der Waals surface area contributed by atoms with Crippen molar-refractivity contribution in [1.29, 1.82) is 0 Å². The maximum atomic E-state index is 10.4. The second-order valence-electron chi connectivity index (χ2n) is 5.32. The average Bonchev–Trinajstić information content (AvgIpc) is 2.55. The number of allylic oxidation sites excluding steroid dienone is 1. The molecule has 0 bridgehead atoms. The van der Waals surface area contributed by atoms with Crippen molar-refractivity contribution >= 4 is 10.8 Å². The molecule has 0 aliphatic carbocycles. The van der Waals surface area contributed by atoms with E-state index >= 15 is 0 Å². The van der Waals surface area contributed by atoms with Gasteiger partial charge in [0.1, 0.15) is 17.6 Å². The van der Waals surface area contributed by atoms with Gasteiger partial charge in [-0.1, -0.05) is 24.3 Å². The molecular formula is C18H20O3. The summed E-state index contributed by atoms with van der Waals surface area (Å²) in [5, 5.41) is 12.7. The van der Waals surface area contributed by atoms with Crippen LogP contribution in [0.3, 0.4) is 0 Å². The van der Waals surface area contributed by atoms with Gasteiger partial charge in [-0.25, -0.2) is 0 Å². The zero-order chi connectivity index (χ0) is 14.7. The van der Waals surface area contributed by atoms with Crippen molar-refractivity contribution < 1.29 is 14.6 Å². The van der Waals surface area contributed by atoms with Gasteiger partial charge in [-0.2, -0.15) is 0 Å². The van der Waals surface area contributed by atoms with Crippen LogP contribution in [0.25, 0.3) is 10.8 Å². The fourth-order valence-corrected chi connectivity index (χ4v) is 2.74. The molecule has 3 heteroatoms. The van der Waals surface area contributed by atoms with Crippen LogP contribution in [0.2, 0.25) is 0 Å². The van der Waals surface area contributed by atoms with Gasteiger partial charge in [-0.3, -0.25) is 0 Å².